The van der Waals surface area contributed by atoms with Crippen molar-refractivity contribution in [3.8, 4) is 0 Å². The molecule has 0 heterocycles. The number of amides is 1. The van der Waals surface area contributed by atoms with Crippen LogP contribution in [0.4, 0.5) is 0 Å². The molecule has 0 saturated heterocycles. The van der Waals surface area contributed by atoms with Gasteiger partial charge in [-0.1, -0.05) is 0 Å². The Balaban J connectivity index is 4.23. The van der Waals surface area contributed by atoms with Crippen molar-refractivity contribution in [1.29, 1.82) is 0 Å². The van der Waals surface area contributed by atoms with Crippen LogP contribution in [-0.4, -0.2) is 29.7 Å². The topological polar surface area (TPSA) is 64.3 Å². The minimum atomic E-state index is -0.484. The molecule has 0 aromatic carbocycles. The minimum absolute atomic E-state index is 0.107. The van der Waals surface area contributed by atoms with Crippen LogP contribution >= 0.6 is 0 Å². The average molecular weight is 216 g/mol. The molecular formula is C11H24N2O2. The molecule has 0 aromatic heterocycles. The Bertz CT molecular complexity index is 219. The second-order valence-electron chi connectivity index (χ2n) is 5.46. The van der Waals surface area contributed by atoms with Crippen LogP contribution in [-0.2, 0) is 9.53 Å². The van der Waals surface area contributed by atoms with Crippen LogP contribution < -0.4 is 11.1 Å². The molecule has 0 bridgehead atoms. The van der Waals surface area contributed by atoms with Crippen LogP contribution in [0.1, 0.15) is 41.5 Å². The molecule has 0 rings (SSSR count). The first-order chi connectivity index (χ1) is 6.57. The number of nitrogens with two attached hydrogens (primary N) is 1. The maximum absolute atomic E-state index is 11.7. The van der Waals surface area contributed by atoms with Gasteiger partial charge in [-0.3, -0.25) is 4.79 Å². The van der Waals surface area contributed by atoms with Gasteiger partial charge in [0.1, 0.15) is 6.10 Å². The molecule has 4 nitrogen and oxygen atoms in total. The summed E-state index contributed by atoms with van der Waals surface area (Å²) in [5.41, 5.74) is 4.83. The lowest BCUT2D eigenvalue weighted by Gasteiger charge is -2.29. The summed E-state index contributed by atoms with van der Waals surface area (Å²) in [5.74, 6) is -0.107. The van der Waals surface area contributed by atoms with E-state index in [1.165, 1.54) is 0 Å². The Morgan fingerprint density at radius 3 is 2.13 bits per heavy atom. The van der Waals surface area contributed by atoms with E-state index in [4.69, 9.17) is 10.5 Å². The van der Waals surface area contributed by atoms with Crippen LogP contribution in [0.3, 0.4) is 0 Å². The lowest BCUT2D eigenvalue weighted by Crippen LogP contribution is -2.49. The predicted molar refractivity (Wildman–Crippen MR) is 61.6 cm³/mol. The van der Waals surface area contributed by atoms with Crippen molar-refractivity contribution in [2.45, 2.75) is 58.8 Å². The summed E-state index contributed by atoms with van der Waals surface area (Å²) in [4.78, 5) is 11.7. The maximum Gasteiger partial charge on any atom is 0.249 e. The van der Waals surface area contributed by atoms with E-state index in [0.29, 0.717) is 6.54 Å². The number of carbonyl (C=O) groups excluding carboxylic acids is 1. The maximum atomic E-state index is 11.7. The third-order valence-electron chi connectivity index (χ3n) is 1.85. The normalized spacial score (nSPS) is 14.9. The number of nitrogens with one attached hydrogen (secondary N) is 1. The SMILES string of the molecule is CC(OC(C)(C)CN)C(=O)NC(C)(C)C. The molecule has 0 aromatic rings. The fraction of sp³-hybridized carbons (Fsp3) is 0.909. The molecule has 0 fully saturated rings. The zero-order valence-electron chi connectivity index (χ0n) is 10.7. The molecule has 1 amide bonds. The second-order valence-corrected chi connectivity index (χ2v) is 5.46. The number of hydrogen-bond donors (Lipinski definition) is 2. The van der Waals surface area contributed by atoms with Gasteiger partial charge in [-0.2, -0.15) is 0 Å². The lowest BCUT2D eigenvalue weighted by atomic mass is 10.1. The first-order valence-electron chi connectivity index (χ1n) is 5.27. The number of ether oxygens (including phenoxy) is 1. The van der Waals surface area contributed by atoms with Crippen LogP contribution in [0.25, 0.3) is 0 Å². The van der Waals surface area contributed by atoms with Gasteiger partial charge in [0.15, 0.2) is 0 Å². The smallest absolute Gasteiger partial charge is 0.249 e. The van der Waals surface area contributed by atoms with Gasteiger partial charge in [0.2, 0.25) is 5.91 Å². The molecule has 4 heteroatoms. The Morgan fingerprint density at radius 2 is 1.80 bits per heavy atom. The van der Waals surface area contributed by atoms with Crippen LogP contribution in [0.15, 0.2) is 0 Å². The first kappa shape index (κ1) is 14.4. The molecule has 0 radical (unpaired) electrons. The van der Waals surface area contributed by atoms with Crippen molar-refractivity contribution in [1.82, 2.24) is 5.32 Å². The van der Waals surface area contributed by atoms with E-state index in [9.17, 15) is 4.79 Å². The van der Waals surface area contributed by atoms with Gasteiger partial charge in [0.05, 0.1) is 5.60 Å². The Hall–Kier alpha value is -0.610. The molecule has 1 atom stereocenters. The Labute approximate surface area is 92.6 Å². The third kappa shape index (κ3) is 6.47. The fourth-order valence-electron chi connectivity index (χ4n) is 1.05. The number of hydrogen-bond acceptors (Lipinski definition) is 3. The largest absolute Gasteiger partial charge is 0.362 e. The Morgan fingerprint density at radius 1 is 1.33 bits per heavy atom. The molecule has 1 unspecified atom stereocenters. The molecule has 0 spiro atoms. The highest BCUT2D eigenvalue weighted by Gasteiger charge is 2.26. The first-order valence-corrected chi connectivity index (χ1v) is 5.27. The van der Waals surface area contributed by atoms with E-state index in [-0.39, 0.29) is 11.4 Å². The van der Waals surface area contributed by atoms with E-state index >= 15 is 0 Å². The van der Waals surface area contributed by atoms with E-state index in [1.807, 2.05) is 34.6 Å². The van der Waals surface area contributed by atoms with E-state index in [2.05, 4.69) is 5.32 Å². The van der Waals surface area contributed by atoms with Crippen molar-refractivity contribution in [3.63, 3.8) is 0 Å². The molecule has 15 heavy (non-hydrogen) atoms. The second kappa shape index (κ2) is 4.94. The standard InChI is InChI=1S/C11H24N2O2/c1-8(15-11(5,6)7-12)9(14)13-10(2,3)4/h8H,7,12H2,1-6H3,(H,13,14). The van der Waals surface area contributed by atoms with Crippen molar-refractivity contribution < 1.29 is 9.53 Å². The molecule has 0 aliphatic rings. The highest BCUT2D eigenvalue weighted by molar-refractivity contribution is 5.81. The summed E-state index contributed by atoms with van der Waals surface area (Å²) in [6.07, 6.45) is -0.484. The Kier molecular flexibility index (Phi) is 4.74. The zero-order chi connectivity index (χ0) is 12.3. The third-order valence-corrected chi connectivity index (χ3v) is 1.85. The van der Waals surface area contributed by atoms with Gasteiger partial charge >= 0.3 is 0 Å². The average Bonchev–Trinajstić information content (AvgIpc) is 2.00. The van der Waals surface area contributed by atoms with Crippen molar-refractivity contribution in [3.05, 3.63) is 0 Å². The van der Waals surface area contributed by atoms with Gasteiger partial charge in [-0.05, 0) is 41.5 Å². The summed E-state index contributed by atoms with van der Waals surface area (Å²) in [6.45, 7) is 11.7. The van der Waals surface area contributed by atoms with Crippen LogP contribution in [0.5, 0.6) is 0 Å². The van der Waals surface area contributed by atoms with Gasteiger partial charge in [0, 0.05) is 12.1 Å². The van der Waals surface area contributed by atoms with Crippen molar-refractivity contribution in [2.75, 3.05) is 6.54 Å². The molecule has 90 valence electrons. The highest BCUT2D eigenvalue weighted by atomic mass is 16.5. The summed E-state index contributed by atoms with van der Waals surface area (Å²) in [6, 6.07) is 0. The summed E-state index contributed by atoms with van der Waals surface area (Å²) < 4.78 is 5.56. The zero-order valence-corrected chi connectivity index (χ0v) is 10.7. The van der Waals surface area contributed by atoms with Crippen LogP contribution in [0.2, 0.25) is 0 Å². The number of carbonyl (C=O) groups is 1. The predicted octanol–water partition coefficient (Wildman–Crippen LogP) is 1.04. The van der Waals surface area contributed by atoms with Gasteiger partial charge in [-0.25, -0.2) is 0 Å². The van der Waals surface area contributed by atoms with Gasteiger partial charge in [-0.15, -0.1) is 0 Å². The highest BCUT2D eigenvalue weighted by Crippen LogP contribution is 2.11. The molecular weight excluding hydrogens is 192 g/mol. The van der Waals surface area contributed by atoms with E-state index in [0.717, 1.165) is 0 Å². The number of rotatable bonds is 4. The van der Waals surface area contributed by atoms with Gasteiger partial charge < -0.3 is 15.8 Å². The monoisotopic (exact) mass is 216 g/mol. The molecule has 3 N–H and O–H groups in total. The van der Waals surface area contributed by atoms with E-state index < -0.39 is 11.7 Å². The summed E-state index contributed by atoms with van der Waals surface area (Å²) >= 11 is 0. The van der Waals surface area contributed by atoms with Crippen molar-refractivity contribution in [2.24, 2.45) is 5.73 Å². The van der Waals surface area contributed by atoms with Gasteiger partial charge in [0.25, 0.3) is 0 Å². The molecule has 0 aliphatic heterocycles. The molecule has 0 aliphatic carbocycles. The lowest BCUT2D eigenvalue weighted by molar-refractivity contribution is -0.142. The van der Waals surface area contributed by atoms with Crippen molar-refractivity contribution >= 4 is 5.91 Å². The van der Waals surface area contributed by atoms with Crippen LogP contribution in [0, 0.1) is 0 Å². The minimum Gasteiger partial charge on any atom is -0.362 e. The summed E-state index contributed by atoms with van der Waals surface area (Å²) in [5, 5.41) is 2.86. The fourth-order valence-corrected chi connectivity index (χ4v) is 1.05. The van der Waals surface area contributed by atoms with E-state index in [1.54, 1.807) is 6.92 Å². The molecule has 0 saturated carbocycles. The summed E-state index contributed by atoms with van der Waals surface area (Å²) in [7, 11) is 0. The quantitative estimate of drug-likeness (QED) is 0.738.